The van der Waals surface area contributed by atoms with Gasteiger partial charge in [0.1, 0.15) is 0 Å². The first-order valence-corrected chi connectivity index (χ1v) is 7.32. The molecule has 1 atom stereocenters. The van der Waals surface area contributed by atoms with Gasteiger partial charge >= 0.3 is 0 Å². The van der Waals surface area contributed by atoms with E-state index in [0.717, 1.165) is 18.6 Å². The van der Waals surface area contributed by atoms with E-state index in [1.165, 1.54) is 44.9 Å². The smallest absolute Gasteiger partial charge is 0.0900 e. The van der Waals surface area contributed by atoms with E-state index in [4.69, 9.17) is 4.74 Å². The number of rotatable bonds is 7. The van der Waals surface area contributed by atoms with Crippen molar-refractivity contribution in [3.8, 4) is 0 Å². The molecule has 2 aliphatic carbocycles. The van der Waals surface area contributed by atoms with Crippen LogP contribution < -0.4 is 0 Å². The molecule has 0 aromatic heterocycles. The van der Waals surface area contributed by atoms with Gasteiger partial charge in [-0.25, -0.2) is 0 Å². The van der Waals surface area contributed by atoms with Gasteiger partial charge in [-0.3, -0.25) is 4.90 Å². The molecule has 0 radical (unpaired) electrons. The van der Waals surface area contributed by atoms with Crippen molar-refractivity contribution < 1.29 is 9.84 Å². The number of hydrogen-bond donors (Lipinski definition) is 1. The second-order valence-electron chi connectivity index (χ2n) is 5.53. The Morgan fingerprint density at radius 2 is 1.76 bits per heavy atom. The SMILES string of the molecule is CCOC[C@H](O)CN(C1CCCCC1)C1CC1. The van der Waals surface area contributed by atoms with Gasteiger partial charge in [0, 0.05) is 25.2 Å². The molecule has 0 amide bonds. The monoisotopic (exact) mass is 241 g/mol. The Hall–Kier alpha value is -0.120. The first-order chi connectivity index (χ1) is 8.31. The van der Waals surface area contributed by atoms with Crippen LogP contribution in [0.15, 0.2) is 0 Å². The lowest BCUT2D eigenvalue weighted by atomic mass is 9.94. The van der Waals surface area contributed by atoms with Crippen molar-refractivity contribution in [2.45, 2.75) is 70.1 Å². The van der Waals surface area contributed by atoms with Crippen molar-refractivity contribution >= 4 is 0 Å². The van der Waals surface area contributed by atoms with Crippen LogP contribution in [-0.2, 0) is 4.74 Å². The van der Waals surface area contributed by atoms with Crippen molar-refractivity contribution in [2.75, 3.05) is 19.8 Å². The molecule has 100 valence electrons. The topological polar surface area (TPSA) is 32.7 Å². The molecule has 0 unspecified atom stereocenters. The molecular formula is C14H27NO2. The minimum atomic E-state index is -0.308. The molecule has 0 heterocycles. The molecule has 17 heavy (non-hydrogen) atoms. The van der Waals surface area contributed by atoms with Crippen LogP contribution in [0.25, 0.3) is 0 Å². The Morgan fingerprint density at radius 3 is 2.35 bits per heavy atom. The van der Waals surface area contributed by atoms with Crippen LogP contribution in [0, 0.1) is 0 Å². The van der Waals surface area contributed by atoms with Crippen LogP contribution in [0.4, 0.5) is 0 Å². The maximum atomic E-state index is 9.99. The van der Waals surface area contributed by atoms with E-state index in [2.05, 4.69) is 4.90 Å². The molecule has 0 aliphatic heterocycles. The summed E-state index contributed by atoms with van der Waals surface area (Å²) in [6, 6.07) is 1.49. The summed E-state index contributed by atoms with van der Waals surface area (Å²) >= 11 is 0. The fraction of sp³-hybridized carbons (Fsp3) is 1.00. The Labute approximate surface area is 105 Å². The van der Waals surface area contributed by atoms with Crippen LogP contribution >= 0.6 is 0 Å². The largest absolute Gasteiger partial charge is 0.389 e. The molecule has 0 bridgehead atoms. The van der Waals surface area contributed by atoms with Crippen LogP contribution in [0.2, 0.25) is 0 Å². The molecule has 0 aromatic carbocycles. The molecule has 2 aliphatic rings. The van der Waals surface area contributed by atoms with Gasteiger partial charge in [-0.15, -0.1) is 0 Å². The highest BCUT2D eigenvalue weighted by Gasteiger charge is 2.35. The fourth-order valence-electron chi connectivity index (χ4n) is 2.97. The number of ether oxygens (including phenoxy) is 1. The molecule has 1 N–H and O–H groups in total. The van der Waals surface area contributed by atoms with Gasteiger partial charge in [0.2, 0.25) is 0 Å². The minimum absolute atomic E-state index is 0.308. The van der Waals surface area contributed by atoms with Crippen LogP contribution in [0.5, 0.6) is 0 Å². The van der Waals surface area contributed by atoms with E-state index in [1.54, 1.807) is 0 Å². The third-order valence-corrected chi connectivity index (χ3v) is 4.00. The number of aliphatic hydroxyl groups excluding tert-OH is 1. The van der Waals surface area contributed by atoms with Crippen LogP contribution in [-0.4, -0.2) is 48.0 Å². The maximum absolute atomic E-state index is 9.99. The van der Waals surface area contributed by atoms with Crippen LogP contribution in [0.1, 0.15) is 51.9 Å². The molecule has 0 saturated heterocycles. The second kappa shape index (κ2) is 6.72. The Bertz CT molecular complexity index is 212. The van der Waals surface area contributed by atoms with Crippen molar-refractivity contribution in [3.63, 3.8) is 0 Å². The highest BCUT2D eigenvalue weighted by molar-refractivity contribution is 4.90. The van der Waals surface area contributed by atoms with E-state index in [0.29, 0.717) is 13.2 Å². The minimum Gasteiger partial charge on any atom is -0.389 e. The molecule has 3 heteroatoms. The third kappa shape index (κ3) is 4.23. The molecular weight excluding hydrogens is 214 g/mol. The molecule has 0 spiro atoms. The summed E-state index contributed by atoms with van der Waals surface area (Å²) in [7, 11) is 0. The predicted octanol–water partition coefficient (Wildman–Crippen LogP) is 2.18. The number of hydrogen-bond acceptors (Lipinski definition) is 3. The molecule has 0 aromatic rings. The molecule has 2 rings (SSSR count). The van der Waals surface area contributed by atoms with Crippen molar-refractivity contribution in [2.24, 2.45) is 0 Å². The zero-order valence-electron chi connectivity index (χ0n) is 11.1. The second-order valence-corrected chi connectivity index (χ2v) is 5.53. The zero-order chi connectivity index (χ0) is 12.1. The van der Waals surface area contributed by atoms with E-state index in [1.807, 2.05) is 6.92 Å². The van der Waals surface area contributed by atoms with E-state index >= 15 is 0 Å². The summed E-state index contributed by atoms with van der Waals surface area (Å²) in [5.41, 5.74) is 0. The molecule has 3 nitrogen and oxygen atoms in total. The van der Waals surface area contributed by atoms with E-state index in [-0.39, 0.29) is 6.10 Å². The van der Waals surface area contributed by atoms with Gasteiger partial charge in [-0.1, -0.05) is 19.3 Å². The summed E-state index contributed by atoms with van der Waals surface area (Å²) in [4.78, 5) is 2.57. The van der Waals surface area contributed by atoms with E-state index in [9.17, 15) is 5.11 Å². The standard InChI is InChI=1S/C14H27NO2/c1-2-17-11-14(16)10-15(13-8-9-13)12-6-4-3-5-7-12/h12-14,16H,2-11H2,1H3/t14-/m1/s1. The Morgan fingerprint density at radius 1 is 1.12 bits per heavy atom. The summed E-state index contributed by atoms with van der Waals surface area (Å²) in [5.74, 6) is 0. The summed E-state index contributed by atoms with van der Waals surface area (Å²) in [5, 5.41) is 9.99. The summed E-state index contributed by atoms with van der Waals surface area (Å²) < 4.78 is 5.31. The van der Waals surface area contributed by atoms with Crippen molar-refractivity contribution in [1.82, 2.24) is 4.90 Å². The molecule has 2 saturated carbocycles. The average molecular weight is 241 g/mol. The lowest BCUT2D eigenvalue weighted by molar-refractivity contribution is 0.00551. The first-order valence-electron chi connectivity index (χ1n) is 7.32. The van der Waals surface area contributed by atoms with Gasteiger partial charge < -0.3 is 9.84 Å². The predicted molar refractivity (Wildman–Crippen MR) is 69.1 cm³/mol. The third-order valence-electron chi connectivity index (χ3n) is 4.00. The van der Waals surface area contributed by atoms with Gasteiger partial charge in [0.15, 0.2) is 0 Å². The van der Waals surface area contributed by atoms with Crippen molar-refractivity contribution in [1.29, 1.82) is 0 Å². The molecule has 2 fully saturated rings. The lowest BCUT2D eigenvalue weighted by Crippen LogP contribution is -2.44. The maximum Gasteiger partial charge on any atom is 0.0900 e. The quantitative estimate of drug-likeness (QED) is 0.741. The zero-order valence-corrected chi connectivity index (χ0v) is 11.1. The van der Waals surface area contributed by atoms with Crippen molar-refractivity contribution in [3.05, 3.63) is 0 Å². The Balaban J connectivity index is 1.79. The number of nitrogens with zero attached hydrogens (tertiary/aromatic N) is 1. The van der Waals surface area contributed by atoms with Crippen LogP contribution in [0.3, 0.4) is 0 Å². The van der Waals surface area contributed by atoms with Gasteiger partial charge in [-0.05, 0) is 32.6 Å². The average Bonchev–Trinajstić information content (AvgIpc) is 3.19. The van der Waals surface area contributed by atoms with Gasteiger partial charge in [0.25, 0.3) is 0 Å². The van der Waals surface area contributed by atoms with E-state index < -0.39 is 0 Å². The number of aliphatic hydroxyl groups is 1. The highest BCUT2D eigenvalue weighted by atomic mass is 16.5. The fourth-order valence-corrected chi connectivity index (χ4v) is 2.97. The highest BCUT2D eigenvalue weighted by Crippen LogP contribution is 2.33. The Kier molecular flexibility index (Phi) is 5.26. The normalized spacial score (nSPS) is 24.2. The summed E-state index contributed by atoms with van der Waals surface area (Å²) in [6.45, 7) is 3.98. The summed E-state index contributed by atoms with van der Waals surface area (Å²) in [6.07, 6.45) is 9.16. The van der Waals surface area contributed by atoms with Gasteiger partial charge in [-0.2, -0.15) is 0 Å². The lowest BCUT2D eigenvalue weighted by Gasteiger charge is -2.35. The first kappa shape index (κ1) is 13.3. The van der Waals surface area contributed by atoms with Gasteiger partial charge in [0.05, 0.1) is 12.7 Å².